The molecule has 0 atom stereocenters. The highest BCUT2D eigenvalue weighted by molar-refractivity contribution is 6.98. The number of benzene rings is 4. The number of aromatic nitrogens is 2. The molecule has 1 aromatic heterocycles. The molecule has 0 saturated heterocycles. The van der Waals surface area contributed by atoms with Gasteiger partial charge >= 0.3 is 0 Å². The summed E-state index contributed by atoms with van der Waals surface area (Å²) in [5.74, 6) is 3.44. The van der Waals surface area contributed by atoms with Crippen molar-refractivity contribution < 1.29 is 9.47 Å². The van der Waals surface area contributed by atoms with Crippen LogP contribution in [-0.2, 0) is 0 Å². The van der Waals surface area contributed by atoms with Crippen molar-refractivity contribution in [3.05, 3.63) is 97.3 Å². The van der Waals surface area contributed by atoms with E-state index in [1.165, 1.54) is 11.4 Å². The van der Waals surface area contributed by atoms with Crippen LogP contribution in [-0.4, -0.2) is 30.2 Å². The van der Waals surface area contributed by atoms with E-state index >= 15 is 0 Å². The molecule has 3 aliphatic heterocycles. The lowest BCUT2D eigenvalue weighted by Gasteiger charge is -2.33. The first-order chi connectivity index (χ1) is 17.7. The fraction of sp³-hybridized carbons (Fsp3) is 0.0690. The zero-order chi connectivity index (χ0) is 23.8. The van der Waals surface area contributed by atoms with Gasteiger partial charge in [0, 0.05) is 30.6 Å². The first-order valence-corrected chi connectivity index (χ1v) is 12.1. The van der Waals surface area contributed by atoms with E-state index in [0.29, 0.717) is 0 Å². The van der Waals surface area contributed by atoms with Crippen LogP contribution in [0.3, 0.4) is 0 Å². The summed E-state index contributed by atoms with van der Waals surface area (Å²) in [5, 5.41) is 4.44. The van der Waals surface area contributed by atoms with Gasteiger partial charge in [0.15, 0.2) is 0 Å². The highest BCUT2D eigenvalue weighted by Crippen LogP contribution is 2.41. The lowest BCUT2D eigenvalue weighted by molar-refractivity contribution is 0.464. The number of hydrogen-bond acceptors (Lipinski definition) is 5. The van der Waals surface area contributed by atoms with Gasteiger partial charge in [-0.1, -0.05) is 18.2 Å². The molecule has 0 aliphatic carbocycles. The van der Waals surface area contributed by atoms with Crippen molar-refractivity contribution in [2.75, 3.05) is 23.5 Å². The van der Waals surface area contributed by atoms with Gasteiger partial charge in [0.25, 0.3) is 6.71 Å². The van der Waals surface area contributed by atoms with Gasteiger partial charge in [-0.05, 0) is 77.7 Å². The van der Waals surface area contributed by atoms with Crippen molar-refractivity contribution >= 4 is 40.2 Å². The van der Waals surface area contributed by atoms with Gasteiger partial charge in [-0.15, -0.1) is 0 Å². The summed E-state index contributed by atoms with van der Waals surface area (Å²) in [5.41, 5.74) is 7.93. The first-order valence-electron chi connectivity index (χ1n) is 12.1. The molecule has 4 heterocycles. The molecule has 4 aromatic carbocycles. The second kappa shape index (κ2) is 7.18. The van der Waals surface area contributed by atoms with Gasteiger partial charge in [-0.25, -0.2) is 4.68 Å². The Morgan fingerprint density at radius 2 is 1.42 bits per heavy atom. The molecule has 0 saturated carbocycles. The molecular formula is C29H21BN4O2. The molecule has 0 spiro atoms. The smallest absolute Gasteiger partial charge is 0.260 e. The van der Waals surface area contributed by atoms with E-state index in [2.05, 4.69) is 70.5 Å². The largest absolute Gasteiger partial charge is 0.458 e. The maximum atomic E-state index is 6.42. The molecule has 0 N–H and O–H groups in total. The van der Waals surface area contributed by atoms with E-state index < -0.39 is 0 Å². The van der Waals surface area contributed by atoms with Crippen LogP contribution in [0.5, 0.6) is 23.0 Å². The number of hydrogen-bond donors (Lipinski definition) is 0. The van der Waals surface area contributed by atoms with Crippen LogP contribution in [0.15, 0.2) is 97.3 Å². The Labute approximate surface area is 209 Å². The van der Waals surface area contributed by atoms with Gasteiger partial charge in [0.05, 0.1) is 23.7 Å². The molecule has 6 nitrogen and oxygen atoms in total. The average molecular weight is 468 g/mol. The molecule has 0 bridgehead atoms. The monoisotopic (exact) mass is 468 g/mol. The van der Waals surface area contributed by atoms with Crippen LogP contribution in [0, 0.1) is 0 Å². The molecule has 5 aromatic rings. The van der Waals surface area contributed by atoms with Crippen molar-refractivity contribution in [3.63, 3.8) is 0 Å². The van der Waals surface area contributed by atoms with Crippen LogP contribution in [0.25, 0.3) is 5.69 Å². The Balaban J connectivity index is 1.32. The summed E-state index contributed by atoms with van der Waals surface area (Å²) in [4.78, 5) is 4.64. The van der Waals surface area contributed by atoms with Crippen molar-refractivity contribution in [2.45, 2.75) is 0 Å². The fourth-order valence-electron chi connectivity index (χ4n) is 5.74. The zero-order valence-corrected chi connectivity index (χ0v) is 19.6. The van der Waals surface area contributed by atoms with Gasteiger partial charge < -0.3 is 19.3 Å². The third-order valence-electron chi connectivity index (χ3n) is 7.38. The topological polar surface area (TPSA) is 42.8 Å². The summed E-state index contributed by atoms with van der Waals surface area (Å²) < 4.78 is 14.7. The van der Waals surface area contributed by atoms with Crippen LogP contribution >= 0.6 is 0 Å². The summed E-state index contributed by atoms with van der Waals surface area (Å²) in [6, 6.07) is 29.4. The molecule has 0 fully saturated rings. The molecule has 0 unspecified atom stereocenters. The molecule has 7 heteroatoms. The first kappa shape index (κ1) is 19.6. The number of anilines is 3. The zero-order valence-electron chi connectivity index (χ0n) is 19.6. The second-order valence-corrected chi connectivity index (χ2v) is 9.46. The maximum Gasteiger partial charge on any atom is 0.260 e. The minimum absolute atomic E-state index is 0.00487. The van der Waals surface area contributed by atoms with Gasteiger partial charge in [-0.2, -0.15) is 5.10 Å². The standard InChI is InChI=1S/C29H21BN4O2/c1-32-18-33(24-7-3-2-6-23(24)32)19-10-12-25-21(16-19)30-22-17-20(34-15-5-14-31-34)11-13-26(22)36-28-9-4-8-27(35-25)29(28)30/h2-17H,18H2,1H3. The number of nitrogens with zero attached hydrogens (tertiary/aromatic N) is 4. The summed E-state index contributed by atoms with van der Waals surface area (Å²) in [6.45, 7) is 0.795. The Bertz CT molecular complexity index is 1650. The van der Waals surface area contributed by atoms with Crippen molar-refractivity contribution in [3.8, 4) is 28.7 Å². The second-order valence-electron chi connectivity index (χ2n) is 9.46. The van der Waals surface area contributed by atoms with E-state index in [9.17, 15) is 0 Å². The molecule has 3 aliphatic rings. The van der Waals surface area contributed by atoms with Crippen molar-refractivity contribution in [1.29, 1.82) is 0 Å². The van der Waals surface area contributed by atoms with Gasteiger partial charge in [-0.3, -0.25) is 0 Å². The maximum absolute atomic E-state index is 6.42. The van der Waals surface area contributed by atoms with Crippen molar-refractivity contribution in [1.82, 2.24) is 9.78 Å². The number of rotatable bonds is 2. The molecular weight excluding hydrogens is 447 g/mol. The Morgan fingerprint density at radius 3 is 2.14 bits per heavy atom. The SMILES string of the molecule is CN1CN(c2ccc3c(c2)B2c4cc(-n5cccn5)ccc4Oc4cccc(c42)O3)c2ccccc21. The average Bonchev–Trinajstić information content (AvgIpc) is 3.57. The van der Waals surface area contributed by atoms with E-state index in [4.69, 9.17) is 9.47 Å². The van der Waals surface area contributed by atoms with Crippen LogP contribution < -0.4 is 35.7 Å². The Hall–Kier alpha value is -4.65. The van der Waals surface area contributed by atoms with E-state index in [1.807, 2.05) is 47.3 Å². The number of fused-ring (bicyclic) bond motifs is 5. The van der Waals surface area contributed by atoms with Crippen LogP contribution in [0.2, 0.25) is 0 Å². The third kappa shape index (κ3) is 2.71. The highest BCUT2D eigenvalue weighted by atomic mass is 16.5. The van der Waals surface area contributed by atoms with E-state index in [-0.39, 0.29) is 6.71 Å². The molecule has 172 valence electrons. The summed E-state index contributed by atoms with van der Waals surface area (Å²) in [6.07, 6.45) is 3.76. The predicted octanol–water partition coefficient (Wildman–Crippen LogP) is 4.15. The number of ether oxygens (including phenoxy) is 2. The van der Waals surface area contributed by atoms with Crippen LogP contribution in [0.1, 0.15) is 0 Å². The Kier molecular flexibility index (Phi) is 3.92. The molecule has 0 radical (unpaired) electrons. The summed E-state index contributed by atoms with van der Waals surface area (Å²) in [7, 11) is 2.13. The minimum atomic E-state index is -0.00487. The normalized spacial score (nSPS) is 14.4. The van der Waals surface area contributed by atoms with Crippen molar-refractivity contribution in [2.24, 2.45) is 0 Å². The molecule has 8 rings (SSSR count). The lowest BCUT2D eigenvalue weighted by Crippen LogP contribution is -2.57. The minimum Gasteiger partial charge on any atom is -0.458 e. The quantitative estimate of drug-likeness (QED) is 0.357. The number of para-hydroxylation sites is 2. The predicted molar refractivity (Wildman–Crippen MR) is 143 cm³/mol. The molecule has 0 amide bonds. The van der Waals surface area contributed by atoms with E-state index in [1.54, 1.807) is 6.20 Å². The summed E-state index contributed by atoms with van der Waals surface area (Å²) >= 11 is 0. The van der Waals surface area contributed by atoms with Crippen LogP contribution in [0.4, 0.5) is 17.1 Å². The van der Waals surface area contributed by atoms with Gasteiger partial charge in [0.1, 0.15) is 23.0 Å². The van der Waals surface area contributed by atoms with E-state index in [0.717, 1.165) is 57.4 Å². The van der Waals surface area contributed by atoms with Gasteiger partial charge in [0.2, 0.25) is 0 Å². The Morgan fingerprint density at radius 1 is 0.722 bits per heavy atom. The lowest BCUT2D eigenvalue weighted by atomic mass is 9.35. The highest BCUT2D eigenvalue weighted by Gasteiger charge is 2.40. The fourth-order valence-corrected chi connectivity index (χ4v) is 5.74. The third-order valence-corrected chi connectivity index (χ3v) is 7.38. The molecule has 36 heavy (non-hydrogen) atoms.